The summed E-state index contributed by atoms with van der Waals surface area (Å²) in [7, 11) is 0. The molecular weight excluding hydrogens is 473 g/mol. The Hall–Kier alpha value is -2.60. The number of carboxylic acids is 1. The van der Waals surface area contributed by atoms with E-state index in [1.54, 1.807) is 68.5 Å². The van der Waals surface area contributed by atoms with E-state index in [2.05, 4.69) is 4.99 Å². The van der Waals surface area contributed by atoms with Gasteiger partial charge in [0.1, 0.15) is 12.5 Å². The smallest absolute Gasteiger partial charge is 0.336 e. The number of carboxylic acid groups (broad SMARTS) is 1. The highest BCUT2D eigenvalue weighted by Crippen LogP contribution is 2.40. The molecule has 2 unspecified atom stereocenters. The minimum atomic E-state index is -1.08. The summed E-state index contributed by atoms with van der Waals surface area (Å²) in [5.74, 6) is -3.48. The Labute approximate surface area is 201 Å². The summed E-state index contributed by atoms with van der Waals surface area (Å²) in [6.07, 6.45) is 3.40. The van der Waals surface area contributed by atoms with Gasteiger partial charge in [-0.25, -0.2) is 4.79 Å². The fraction of sp³-hybridized carbons (Fsp3) is 0.208. The second kappa shape index (κ2) is 10.3. The molecule has 0 aliphatic carbocycles. The molecule has 3 rings (SSSR count). The number of halogens is 3. The number of rotatable bonds is 6. The van der Waals surface area contributed by atoms with E-state index in [-0.39, 0.29) is 12.2 Å². The second-order valence-corrected chi connectivity index (χ2v) is 8.53. The molecule has 166 valence electrons. The Morgan fingerprint density at radius 2 is 1.84 bits per heavy atom. The molecule has 0 saturated carbocycles. The normalized spacial score (nSPS) is 18.6. The lowest BCUT2D eigenvalue weighted by atomic mass is 9.75. The first-order chi connectivity index (χ1) is 15.2. The van der Waals surface area contributed by atoms with Crippen LogP contribution >= 0.6 is 34.8 Å². The van der Waals surface area contributed by atoms with Gasteiger partial charge in [0.15, 0.2) is 0 Å². The Balaban J connectivity index is 1.85. The number of nitrogens with zero attached hydrogens (tertiary/aromatic N) is 1. The van der Waals surface area contributed by atoms with Crippen LogP contribution in [0.3, 0.4) is 0 Å². The van der Waals surface area contributed by atoms with Crippen LogP contribution in [-0.4, -0.2) is 29.4 Å². The first kappa shape index (κ1) is 24.1. The topological polar surface area (TPSA) is 76.0 Å². The number of ether oxygens (including phenoxy) is 1. The summed E-state index contributed by atoms with van der Waals surface area (Å²) in [5.41, 5.74) is 2.44. The molecule has 0 spiro atoms. The highest BCUT2D eigenvalue weighted by molar-refractivity contribution is 6.42. The van der Waals surface area contributed by atoms with Gasteiger partial charge in [0.2, 0.25) is 0 Å². The summed E-state index contributed by atoms with van der Waals surface area (Å²) in [5, 5.41) is 11.2. The van der Waals surface area contributed by atoms with Gasteiger partial charge in [0.25, 0.3) is 0 Å². The number of hydrogen-bond donors (Lipinski definition) is 1. The number of carbonyl (C=O) groups excluding carboxylic acids is 1. The Kier molecular flexibility index (Phi) is 7.77. The lowest BCUT2D eigenvalue weighted by molar-refractivity contribution is -0.140. The zero-order chi connectivity index (χ0) is 23.4. The number of allylic oxidation sites excluding steroid dienone is 1. The van der Waals surface area contributed by atoms with E-state index < -0.39 is 23.8 Å². The van der Waals surface area contributed by atoms with Crippen molar-refractivity contribution < 1.29 is 19.4 Å². The van der Waals surface area contributed by atoms with E-state index in [9.17, 15) is 14.7 Å². The van der Waals surface area contributed by atoms with Crippen molar-refractivity contribution in [1.82, 2.24) is 0 Å². The molecule has 1 aliphatic rings. The molecule has 0 aromatic heterocycles. The summed E-state index contributed by atoms with van der Waals surface area (Å²) >= 11 is 18.1. The predicted molar refractivity (Wildman–Crippen MR) is 128 cm³/mol. The van der Waals surface area contributed by atoms with Gasteiger partial charge in [-0.2, -0.15) is 0 Å². The maximum Gasteiger partial charge on any atom is 0.336 e. The molecule has 0 radical (unpaired) electrons. The molecule has 1 heterocycles. The molecular formula is C24H20Cl3NO4. The second-order valence-electron chi connectivity index (χ2n) is 7.28. The fourth-order valence-corrected chi connectivity index (χ4v) is 4.19. The Morgan fingerprint density at radius 1 is 1.09 bits per heavy atom. The molecule has 2 atom stereocenters. The molecule has 5 nitrogen and oxygen atoms in total. The van der Waals surface area contributed by atoms with Crippen LogP contribution in [-0.2, 0) is 14.3 Å². The number of hydrogen-bond acceptors (Lipinski definition) is 4. The van der Waals surface area contributed by atoms with Crippen LogP contribution in [0, 0.1) is 5.92 Å². The number of carbonyl (C=O) groups is 2. The van der Waals surface area contributed by atoms with Gasteiger partial charge < -0.3 is 9.84 Å². The summed E-state index contributed by atoms with van der Waals surface area (Å²) < 4.78 is 5.44. The zero-order valence-electron chi connectivity index (χ0n) is 17.3. The van der Waals surface area contributed by atoms with E-state index in [0.29, 0.717) is 32.0 Å². The highest BCUT2D eigenvalue weighted by Gasteiger charge is 2.41. The van der Waals surface area contributed by atoms with Crippen molar-refractivity contribution in [2.75, 3.05) is 6.61 Å². The standard InChI is InChI=1S/C24H20Cl3NO4/c1-13-20(23(29)30)22(16-6-3-7-17(25)12-16)21(14(2)28-13)24(31)32-10-4-5-15-8-9-18(26)19(27)11-15/h3-9,11-12,20,22H,10H2,1-2H3,(H,29,30). The SMILES string of the molecule is CC1=NC(C)=C(C(=O)OCC=Cc2ccc(Cl)c(Cl)c2)C(c2cccc(Cl)c2)C1C(=O)O. The van der Waals surface area contributed by atoms with Crippen molar-refractivity contribution in [2.24, 2.45) is 10.9 Å². The number of aliphatic imine (C=N–C) groups is 1. The van der Waals surface area contributed by atoms with Crippen LogP contribution < -0.4 is 0 Å². The minimum Gasteiger partial charge on any atom is -0.481 e. The molecule has 0 saturated heterocycles. The van der Waals surface area contributed by atoms with Gasteiger partial charge in [0, 0.05) is 22.3 Å². The summed E-state index contributed by atoms with van der Waals surface area (Å²) in [6, 6.07) is 12.0. The monoisotopic (exact) mass is 491 g/mol. The quantitative estimate of drug-likeness (QED) is 0.471. The van der Waals surface area contributed by atoms with Gasteiger partial charge in [-0.3, -0.25) is 9.79 Å². The van der Waals surface area contributed by atoms with E-state index in [4.69, 9.17) is 39.5 Å². The van der Waals surface area contributed by atoms with Crippen molar-refractivity contribution in [2.45, 2.75) is 19.8 Å². The molecule has 0 fully saturated rings. The summed E-state index contributed by atoms with van der Waals surface area (Å²) in [4.78, 5) is 29.4. The lowest BCUT2D eigenvalue weighted by Crippen LogP contribution is -2.35. The van der Waals surface area contributed by atoms with Crippen LogP contribution in [0.4, 0.5) is 0 Å². The molecule has 32 heavy (non-hydrogen) atoms. The third-order valence-corrected chi connectivity index (χ3v) is 6.06. The number of benzene rings is 2. The van der Waals surface area contributed by atoms with Crippen LogP contribution in [0.1, 0.15) is 30.9 Å². The molecule has 1 N–H and O–H groups in total. The number of aliphatic carboxylic acids is 1. The first-order valence-corrected chi connectivity index (χ1v) is 10.9. The molecule has 0 amide bonds. The van der Waals surface area contributed by atoms with Crippen molar-refractivity contribution in [1.29, 1.82) is 0 Å². The molecule has 2 aromatic carbocycles. The maximum absolute atomic E-state index is 13.0. The van der Waals surface area contributed by atoms with Gasteiger partial charge >= 0.3 is 11.9 Å². The third kappa shape index (κ3) is 5.41. The van der Waals surface area contributed by atoms with Crippen LogP contribution in [0.15, 0.2) is 64.8 Å². The molecule has 0 bridgehead atoms. The fourth-order valence-electron chi connectivity index (χ4n) is 3.68. The van der Waals surface area contributed by atoms with Crippen LogP contribution in [0.2, 0.25) is 15.1 Å². The molecule has 2 aromatic rings. The maximum atomic E-state index is 13.0. The van der Waals surface area contributed by atoms with Gasteiger partial charge in [0.05, 0.1) is 15.6 Å². The van der Waals surface area contributed by atoms with Crippen LogP contribution in [0.25, 0.3) is 6.08 Å². The molecule has 1 aliphatic heterocycles. The van der Waals surface area contributed by atoms with Gasteiger partial charge in [-0.15, -0.1) is 0 Å². The van der Waals surface area contributed by atoms with Gasteiger partial charge in [-0.05, 0) is 55.3 Å². The highest BCUT2D eigenvalue weighted by atomic mass is 35.5. The minimum absolute atomic E-state index is 0.0153. The van der Waals surface area contributed by atoms with Crippen molar-refractivity contribution in [3.63, 3.8) is 0 Å². The van der Waals surface area contributed by atoms with Gasteiger partial charge in [-0.1, -0.05) is 59.1 Å². The zero-order valence-corrected chi connectivity index (χ0v) is 19.6. The van der Waals surface area contributed by atoms with Crippen LogP contribution in [0.5, 0.6) is 0 Å². The van der Waals surface area contributed by atoms with E-state index in [0.717, 1.165) is 5.56 Å². The van der Waals surface area contributed by atoms with Crippen molar-refractivity contribution in [3.8, 4) is 0 Å². The van der Waals surface area contributed by atoms with E-state index in [1.165, 1.54) is 0 Å². The Morgan fingerprint density at radius 3 is 2.50 bits per heavy atom. The lowest BCUT2D eigenvalue weighted by Gasteiger charge is -2.30. The predicted octanol–water partition coefficient (Wildman–Crippen LogP) is 6.44. The van der Waals surface area contributed by atoms with E-state index >= 15 is 0 Å². The first-order valence-electron chi connectivity index (χ1n) is 9.72. The average molecular weight is 493 g/mol. The van der Waals surface area contributed by atoms with E-state index in [1.807, 2.05) is 0 Å². The molecule has 8 heteroatoms. The average Bonchev–Trinajstić information content (AvgIpc) is 2.72. The third-order valence-electron chi connectivity index (χ3n) is 5.09. The Bertz CT molecular complexity index is 1150. The van der Waals surface area contributed by atoms with Crippen molar-refractivity contribution in [3.05, 3.63) is 86.0 Å². The largest absolute Gasteiger partial charge is 0.481 e. The summed E-state index contributed by atoms with van der Waals surface area (Å²) in [6.45, 7) is 3.29. The number of esters is 1. The van der Waals surface area contributed by atoms with Crippen molar-refractivity contribution >= 4 is 58.5 Å².